The van der Waals surface area contributed by atoms with E-state index in [0.29, 0.717) is 0 Å². The van der Waals surface area contributed by atoms with Crippen molar-refractivity contribution in [3.63, 3.8) is 0 Å². The smallest absolute Gasteiger partial charge is 0.0862 e. The molecule has 0 unspecified atom stereocenters. The second-order valence-corrected chi connectivity index (χ2v) is 6.18. The van der Waals surface area contributed by atoms with Gasteiger partial charge in [-0.1, -0.05) is 17.7 Å². The maximum absolute atomic E-state index is 6.27. The molecule has 0 saturated heterocycles. The van der Waals surface area contributed by atoms with E-state index in [2.05, 4.69) is 42.4 Å². The van der Waals surface area contributed by atoms with Gasteiger partial charge in [-0.15, -0.1) is 0 Å². The van der Waals surface area contributed by atoms with Crippen LogP contribution < -0.4 is 5.32 Å². The van der Waals surface area contributed by atoms with Crippen molar-refractivity contribution < 1.29 is 0 Å². The van der Waals surface area contributed by atoms with Crippen LogP contribution in [0.3, 0.4) is 0 Å². The average Bonchev–Trinajstić information content (AvgIpc) is 3.14. The van der Waals surface area contributed by atoms with Crippen molar-refractivity contribution in [1.29, 1.82) is 0 Å². The van der Waals surface area contributed by atoms with E-state index >= 15 is 0 Å². The summed E-state index contributed by atoms with van der Waals surface area (Å²) < 4.78 is 2.00. The minimum atomic E-state index is 0.743. The molecule has 1 fully saturated rings. The van der Waals surface area contributed by atoms with Crippen molar-refractivity contribution in [3.8, 4) is 0 Å². The van der Waals surface area contributed by atoms with E-state index in [-0.39, 0.29) is 0 Å². The quantitative estimate of drug-likeness (QED) is 0.749. The van der Waals surface area contributed by atoms with Crippen LogP contribution >= 0.6 is 11.6 Å². The molecule has 0 spiro atoms. The number of allylic oxidation sites excluding steroid dienone is 1. The van der Waals surface area contributed by atoms with Gasteiger partial charge < -0.3 is 10.2 Å². The number of hydrogen-bond acceptors (Lipinski definition) is 3. The lowest BCUT2D eigenvalue weighted by Gasteiger charge is -2.12. The lowest BCUT2D eigenvalue weighted by molar-refractivity contribution is 0.372. The van der Waals surface area contributed by atoms with E-state index in [4.69, 9.17) is 11.6 Å². The average molecular weight is 297 g/mol. The number of aromatic nitrogens is 2. The molecule has 5 heteroatoms. The first-order chi connectivity index (χ1) is 9.58. The lowest BCUT2D eigenvalue weighted by Crippen LogP contribution is -2.20. The van der Waals surface area contributed by atoms with E-state index in [9.17, 15) is 0 Å². The second-order valence-electron chi connectivity index (χ2n) is 5.77. The molecule has 0 radical (unpaired) electrons. The Morgan fingerprint density at radius 1 is 1.55 bits per heavy atom. The summed E-state index contributed by atoms with van der Waals surface area (Å²) in [5.41, 5.74) is 2.27. The Morgan fingerprint density at radius 2 is 2.30 bits per heavy atom. The number of halogens is 1. The number of nitrogens with one attached hydrogen (secondary N) is 1. The van der Waals surface area contributed by atoms with Crippen LogP contribution in [0.25, 0.3) is 5.57 Å². The maximum Gasteiger partial charge on any atom is 0.0862 e. The van der Waals surface area contributed by atoms with Crippen LogP contribution in [0, 0.1) is 0 Å². The Balaban J connectivity index is 1.93. The molecule has 0 atom stereocenters. The third-order valence-electron chi connectivity index (χ3n) is 3.53. The largest absolute Gasteiger partial charge is 0.314 e. The summed E-state index contributed by atoms with van der Waals surface area (Å²) in [4.78, 5) is 2.15. The number of hydrogen-bond donors (Lipinski definition) is 1. The van der Waals surface area contributed by atoms with Crippen molar-refractivity contribution in [2.45, 2.75) is 38.8 Å². The molecule has 0 amide bonds. The molecule has 0 aromatic carbocycles. The van der Waals surface area contributed by atoms with E-state index in [1.807, 2.05) is 4.68 Å². The molecule has 1 aromatic heterocycles. The minimum Gasteiger partial charge on any atom is -0.314 e. The zero-order valence-electron chi connectivity index (χ0n) is 12.7. The molecule has 112 valence electrons. The van der Waals surface area contributed by atoms with Gasteiger partial charge in [0.15, 0.2) is 0 Å². The molecule has 1 saturated carbocycles. The summed E-state index contributed by atoms with van der Waals surface area (Å²) in [6.07, 6.45) is 7.71. The van der Waals surface area contributed by atoms with Gasteiger partial charge in [-0.25, -0.2) is 0 Å². The fraction of sp³-hybridized carbons (Fsp3) is 0.667. The number of likely N-dealkylation sites (N-methyl/N-ethyl adjacent to an activating group) is 1. The van der Waals surface area contributed by atoms with Crippen molar-refractivity contribution in [2.24, 2.45) is 0 Å². The molecule has 0 bridgehead atoms. The number of nitrogens with zero attached hydrogens (tertiary/aromatic N) is 3. The van der Waals surface area contributed by atoms with Crippen LogP contribution in [0.2, 0.25) is 5.02 Å². The van der Waals surface area contributed by atoms with Gasteiger partial charge in [-0.2, -0.15) is 5.10 Å². The van der Waals surface area contributed by atoms with Gasteiger partial charge in [-0.3, -0.25) is 4.68 Å². The highest BCUT2D eigenvalue weighted by atomic mass is 35.5. The van der Waals surface area contributed by atoms with Gasteiger partial charge in [0, 0.05) is 12.6 Å². The zero-order valence-corrected chi connectivity index (χ0v) is 13.5. The van der Waals surface area contributed by atoms with E-state index < -0.39 is 0 Å². The molecule has 1 aromatic rings. The topological polar surface area (TPSA) is 33.1 Å². The molecular formula is C15H25ClN4. The third kappa shape index (κ3) is 4.62. The van der Waals surface area contributed by atoms with Crippen molar-refractivity contribution in [2.75, 3.05) is 27.2 Å². The Hall–Kier alpha value is -0.840. The summed E-state index contributed by atoms with van der Waals surface area (Å²) in [6, 6.07) is 0.776. The molecule has 1 heterocycles. The molecular weight excluding hydrogens is 272 g/mol. The first-order valence-corrected chi connectivity index (χ1v) is 7.72. The molecule has 2 rings (SSSR count). The Labute approximate surface area is 126 Å². The Morgan fingerprint density at radius 3 is 2.95 bits per heavy atom. The Bertz CT molecular complexity index is 460. The van der Waals surface area contributed by atoms with Crippen LogP contribution in [-0.4, -0.2) is 47.9 Å². The van der Waals surface area contributed by atoms with Gasteiger partial charge in [0.2, 0.25) is 0 Å². The monoisotopic (exact) mass is 296 g/mol. The first kappa shape index (κ1) is 15.5. The summed E-state index contributed by atoms with van der Waals surface area (Å²) in [5, 5.41) is 8.64. The highest BCUT2D eigenvalue weighted by Crippen LogP contribution is 2.24. The minimum absolute atomic E-state index is 0.743. The van der Waals surface area contributed by atoms with Crippen LogP contribution in [0.4, 0.5) is 0 Å². The zero-order chi connectivity index (χ0) is 14.5. The lowest BCUT2D eigenvalue weighted by atomic mass is 10.1. The summed E-state index contributed by atoms with van der Waals surface area (Å²) in [5.74, 6) is 0. The summed E-state index contributed by atoms with van der Waals surface area (Å²) in [6.45, 7) is 4.99. The molecule has 4 nitrogen and oxygen atoms in total. The van der Waals surface area contributed by atoms with Gasteiger partial charge in [-0.05, 0) is 52.4 Å². The van der Waals surface area contributed by atoms with Crippen molar-refractivity contribution in [3.05, 3.63) is 23.0 Å². The SMILES string of the molecule is CC(=CCCNC1CC1)c1c(Cl)cnn1CCN(C)C. The number of rotatable bonds is 8. The van der Waals surface area contributed by atoms with E-state index in [1.54, 1.807) is 6.20 Å². The maximum atomic E-state index is 6.27. The predicted octanol–water partition coefficient (Wildman–Crippen LogP) is 2.64. The third-order valence-corrected chi connectivity index (χ3v) is 3.81. The van der Waals surface area contributed by atoms with Crippen LogP contribution in [0.5, 0.6) is 0 Å². The molecule has 20 heavy (non-hydrogen) atoms. The normalized spacial score (nSPS) is 16.1. The Kier molecular flexibility index (Phi) is 5.64. The van der Waals surface area contributed by atoms with Crippen LogP contribution in [-0.2, 0) is 6.54 Å². The highest BCUT2D eigenvalue weighted by molar-refractivity contribution is 6.32. The second kappa shape index (κ2) is 7.25. The highest BCUT2D eigenvalue weighted by Gasteiger charge is 2.19. The molecule has 1 aliphatic rings. The summed E-state index contributed by atoms with van der Waals surface area (Å²) >= 11 is 6.27. The van der Waals surface area contributed by atoms with Crippen molar-refractivity contribution >= 4 is 17.2 Å². The van der Waals surface area contributed by atoms with Gasteiger partial charge in [0.05, 0.1) is 23.5 Å². The van der Waals surface area contributed by atoms with E-state index in [0.717, 1.165) is 42.8 Å². The molecule has 1 aliphatic carbocycles. The van der Waals surface area contributed by atoms with Gasteiger partial charge in [0.25, 0.3) is 0 Å². The fourth-order valence-corrected chi connectivity index (χ4v) is 2.47. The standard InChI is InChI=1S/C15H25ClN4/c1-12(5-4-8-17-13-6-7-13)15-14(16)11-18-20(15)10-9-19(2)3/h5,11,13,17H,4,6-10H2,1-3H3. The van der Waals surface area contributed by atoms with Crippen molar-refractivity contribution in [1.82, 2.24) is 20.0 Å². The van der Waals surface area contributed by atoms with Gasteiger partial charge >= 0.3 is 0 Å². The predicted molar refractivity (Wildman–Crippen MR) is 85.1 cm³/mol. The molecule has 1 N–H and O–H groups in total. The van der Waals surface area contributed by atoms with E-state index in [1.165, 1.54) is 18.4 Å². The van der Waals surface area contributed by atoms with Crippen LogP contribution in [0.1, 0.15) is 31.9 Å². The van der Waals surface area contributed by atoms with Gasteiger partial charge in [0.1, 0.15) is 0 Å². The van der Waals surface area contributed by atoms with Crippen LogP contribution in [0.15, 0.2) is 12.3 Å². The summed E-state index contributed by atoms with van der Waals surface area (Å²) in [7, 11) is 4.13. The molecule has 0 aliphatic heterocycles. The first-order valence-electron chi connectivity index (χ1n) is 7.34. The fourth-order valence-electron chi connectivity index (χ4n) is 2.18.